The molecule has 0 aliphatic rings. The lowest BCUT2D eigenvalue weighted by Crippen LogP contribution is -2.30. The fraction of sp³-hybridized carbons (Fsp3) is 0.0909. The Morgan fingerprint density at radius 2 is 1.67 bits per heavy atom. The van der Waals surface area contributed by atoms with E-state index in [9.17, 15) is 9.59 Å². The van der Waals surface area contributed by atoms with Gasteiger partial charge in [-0.15, -0.1) is 21.5 Å². The molecule has 0 atom stereocenters. The van der Waals surface area contributed by atoms with Gasteiger partial charge in [0.05, 0.1) is 17.2 Å². The molecule has 0 bridgehead atoms. The van der Waals surface area contributed by atoms with Gasteiger partial charge in [0, 0.05) is 11.3 Å². The van der Waals surface area contributed by atoms with Crippen molar-refractivity contribution in [2.24, 2.45) is 0 Å². The topological polar surface area (TPSA) is 76.9 Å². The molecule has 0 aliphatic heterocycles. The van der Waals surface area contributed by atoms with Crippen LogP contribution in [0.5, 0.6) is 0 Å². The number of para-hydroxylation sites is 1. The number of hydrogen-bond donors (Lipinski definition) is 1. The predicted molar refractivity (Wildman–Crippen MR) is 119 cm³/mol. The molecular formula is C22H18N4O2S2. The molecule has 1 amide bonds. The normalized spacial score (nSPS) is 10.7. The lowest BCUT2D eigenvalue weighted by Gasteiger charge is -2.09. The Hall–Kier alpha value is -3.23. The number of aromatic nitrogens is 3. The van der Waals surface area contributed by atoms with Crippen LogP contribution in [0.2, 0.25) is 0 Å². The first-order valence-electron chi connectivity index (χ1n) is 9.25. The van der Waals surface area contributed by atoms with Crippen molar-refractivity contribution >= 4 is 34.8 Å². The summed E-state index contributed by atoms with van der Waals surface area (Å²) in [6.07, 6.45) is 0. The molecule has 0 saturated carbocycles. The Balaban J connectivity index is 1.44. The molecule has 6 nitrogen and oxygen atoms in total. The summed E-state index contributed by atoms with van der Waals surface area (Å²) in [6, 6.07) is 22.7. The number of nitrogens with zero attached hydrogens (tertiary/aromatic N) is 3. The second-order valence-corrected chi connectivity index (χ2v) is 8.20. The summed E-state index contributed by atoms with van der Waals surface area (Å²) in [5.41, 5.74) is 1.50. The van der Waals surface area contributed by atoms with E-state index in [1.54, 1.807) is 35.6 Å². The molecule has 0 unspecified atom stereocenters. The predicted octanol–water partition coefficient (Wildman–Crippen LogP) is 4.09. The Bertz CT molecular complexity index is 1130. The van der Waals surface area contributed by atoms with Gasteiger partial charge >= 0.3 is 0 Å². The van der Waals surface area contributed by atoms with Gasteiger partial charge < -0.3 is 5.32 Å². The fourth-order valence-electron chi connectivity index (χ4n) is 2.82. The number of thiophene rings is 1. The van der Waals surface area contributed by atoms with E-state index in [4.69, 9.17) is 0 Å². The van der Waals surface area contributed by atoms with Gasteiger partial charge in [0.2, 0.25) is 5.91 Å². The highest BCUT2D eigenvalue weighted by Crippen LogP contribution is 2.30. The number of hydrogen-bond acceptors (Lipinski definition) is 6. The Labute approximate surface area is 182 Å². The average molecular weight is 435 g/mol. The van der Waals surface area contributed by atoms with Crippen molar-refractivity contribution in [3.8, 4) is 16.4 Å². The van der Waals surface area contributed by atoms with Crippen LogP contribution in [0.1, 0.15) is 10.4 Å². The third-order valence-corrected chi connectivity index (χ3v) is 6.06. The van der Waals surface area contributed by atoms with Crippen molar-refractivity contribution in [1.29, 1.82) is 0 Å². The molecule has 2 aromatic heterocycles. The van der Waals surface area contributed by atoms with Crippen molar-refractivity contribution < 1.29 is 9.59 Å². The monoisotopic (exact) mass is 434 g/mol. The van der Waals surface area contributed by atoms with E-state index in [0.29, 0.717) is 10.7 Å². The van der Waals surface area contributed by atoms with E-state index in [1.807, 2.05) is 58.5 Å². The zero-order valence-corrected chi connectivity index (χ0v) is 17.5. The molecule has 0 radical (unpaired) electrons. The van der Waals surface area contributed by atoms with Crippen LogP contribution < -0.4 is 5.32 Å². The van der Waals surface area contributed by atoms with Crippen LogP contribution in [-0.2, 0) is 4.79 Å². The van der Waals surface area contributed by atoms with Gasteiger partial charge in [-0.05, 0) is 23.6 Å². The zero-order chi connectivity index (χ0) is 20.8. The van der Waals surface area contributed by atoms with Gasteiger partial charge in [-0.3, -0.25) is 14.2 Å². The summed E-state index contributed by atoms with van der Waals surface area (Å²) in [5.74, 6) is 0.515. The number of amides is 1. The lowest BCUT2D eigenvalue weighted by atomic mass is 10.1. The van der Waals surface area contributed by atoms with Gasteiger partial charge in [0.25, 0.3) is 0 Å². The van der Waals surface area contributed by atoms with Crippen LogP contribution in [-0.4, -0.2) is 38.8 Å². The maximum atomic E-state index is 12.3. The van der Waals surface area contributed by atoms with Crippen molar-refractivity contribution in [3.63, 3.8) is 0 Å². The maximum absolute atomic E-state index is 12.3. The second kappa shape index (κ2) is 9.51. The standard InChI is InChI=1S/C22H18N4O2S2/c27-18(16-8-3-1-4-9-16)14-23-20(28)15-30-22-25-24-21(19-12-7-13-29-19)26(22)17-10-5-2-6-11-17/h1-13H,14-15H2,(H,23,28). The van der Waals surface area contributed by atoms with Gasteiger partial charge in [-0.25, -0.2) is 0 Å². The van der Waals surface area contributed by atoms with Crippen LogP contribution >= 0.6 is 23.1 Å². The number of nitrogens with one attached hydrogen (secondary N) is 1. The molecule has 150 valence electrons. The summed E-state index contributed by atoms with van der Waals surface area (Å²) in [6.45, 7) is -0.0325. The summed E-state index contributed by atoms with van der Waals surface area (Å²) >= 11 is 2.87. The first kappa shape index (κ1) is 20.1. The summed E-state index contributed by atoms with van der Waals surface area (Å²) < 4.78 is 1.94. The van der Waals surface area contributed by atoms with E-state index < -0.39 is 0 Å². The summed E-state index contributed by atoms with van der Waals surface area (Å²) in [5, 5.41) is 13.9. The zero-order valence-electron chi connectivity index (χ0n) is 15.9. The lowest BCUT2D eigenvalue weighted by molar-refractivity contribution is -0.118. The summed E-state index contributed by atoms with van der Waals surface area (Å²) in [4.78, 5) is 25.4. The van der Waals surface area contributed by atoms with Crippen molar-refractivity contribution in [3.05, 3.63) is 83.7 Å². The van der Waals surface area contributed by atoms with Crippen molar-refractivity contribution in [2.75, 3.05) is 12.3 Å². The molecular weight excluding hydrogens is 416 g/mol. The average Bonchev–Trinajstić information content (AvgIpc) is 3.47. The first-order chi connectivity index (χ1) is 14.7. The fourth-order valence-corrected chi connectivity index (χ4v) is 4.30. The molecule has 0 aliphatic carbocycles. The third-order valence-electron chi connectivity index (χ3n) is 4.26. The number of benzene rings is 2. The minimum Gasteiger partial charge on any atom is -0.348 e. The van der Waals surface area contributed by atoms with Crippen LogP contribution in [0.15, 0.2) is 83.3 Å². The SMILES string of the molecule is O=C(CSc1nnc(-c2cccs2)n1-c1ccccc1)NCC(=O)c1ccccc1. The first-order valence-corrected chi connectivity index (χ1v) is 11.1. The molecule has 8 heteroatoms. The number of carbonyl (C=O) groups is 2. The maximum Gasteiger partial charge on any atom is 0.230 e. The van der Waals surface area contributed by atoms with Crippen LogP contribution in [0.25, 0.3) is 16.4 Å². The Morgan fingerprint density at radius 3 is 2.37 bits per heavy atom. The molecule has 0 fully saturated rings. The molecule has 4 rings (SSSR count). The van der Waals surface area contributed by atoms with Crippen molar-refractivity contribution in [1.82, 2.24) is 20.1 Å². The van der Waals surface area contributed by atoms with Gasteiger partial charge in [-0.2, -0.15) is 0 Å². The third kappa shape index (κ3) is 4.67. The number of ketones is 1. The van der Waals surface area contributed by atoms with Crippen LogP contribution in [0.3, 0.4) is 0 Å². The Morgan fingerprint density at radius 1 is 0.933 bits per heavy atom. The van der Waals surface area contributed by atoms with E-state index in [-0.39, 0.29) is 24.0 Å². The molecule has 0 spiro atoms. The van der Waals surface area contributed by atoms with Crippen molar-refractivity contribution in [2.45, 2.75) is 5.16 Å². The highest BCUT2D eigenvalue weighted by molar-refractivity contribution is 7.99. The molecule has 0 saturated heterocycles. The van der Waals surface area contributed by atoms with E-state index in [1.165, 1.54) is 11.8 Å². The van der Waals surface area contributed by atoms with Gasteiger partial charge in [0.1, 0.15) is 0 Å². The Kier molecular flexibility index (Phi) is 6.36. The molecule has 2 heterocycles. The molecule has 30 heavy (non-hydrogen) atoms. The number of rotatable bonds is 8. The summed E-state index contributed by atoms with van der Waals surface area (Å²) in [7, 11) is 0. The smallest absolute Gasteiger partial charge is 0.230 e. The minimum atomic E-state index is -0.232. The number of carbonyl (C=O) groups excluding carboxylic acids is 2. The van der Waals surface area contributed by atoms with E-state index in [2.05, 4.69) is 15.5 Å². The number of thioether (sulfide) groups is 1. The van der Waals surface area contributed by atoms with Crippen LogP contribution in [0.4, 0.5) is 0 Å². The highest BCUT2D eigenvalue weighted by Gasteiger charge is 2.18. The van der Waals surface area contributed by atoms with E-state index >= 15 is 0 Å². The molecule has 2 aromatic carbocycles. The van der Waals surface area contributed by atoms with Gasteiger partial charge in [0.15, 0.2) is 16.8 Å². The minimum absolute atomic E-state index is 0.0325. The molecule has 4 aromatic rings. The largest absolute Gasteiger partial charge is 0.348 e. The van der Waals surface area contributed by atoms with E-state index in [0.717, 1.165) is 16.4 Å². The number of Topliss-reactive ketones (excluding diaryl/α,β-unsaturated/α-hetero) is 1. The molecule has 1 N–H and O–H groups in total. The highest BCUT2D eigenvalue weighted by atomic mass is 32.2. The van der Waals surface area contributed by atoms with Gasteiger partial charge in [-0.1, -0.05) is 66.4 Å². The second-order valence-electron chi connectivity index (χ2n) is 6.31. The van der Waals surface area contributed by atoms with Crippen LogP contribution in [0, 0.1) is 0 Å². The quantitative estimate of drug-likeness (QED) is 0.334.